The highest BCUT2D eigenvalue weighted by Crippen LogP contribution is 2.28. The maximum atomic E-state index is 13.3. The number of nitrogens with zero attached hydrogens (tertiary/aromatic N) is 4. The number of hydrogen-bond acceptors (Lipinski definition) is 8. The van der Waals surface area contributed by atoms with Gasteiger partial charge < -0.3 is 9.47 Å². The summed E-state index contributed by atoms with van der Waals surface area (Å²) in [6.45, 7) is 10.9. The van der Waals surface area contributed by atoms with Gasteiger partial charge in [0.15, 0.2) is 0 Å². The molecular formula is C36H48N6O6. The lowest BCUT2D eigenvalue weighted by atomic mass is 10.0. The van der Waals surface area contributed by atoms with Crippen LogP contribution in [0.5, 0.6) is 0 Å². The normalized spacial score (nSPS) is 20.6. The average molecular weight is 661 g/mol. The first-order chi connectivity index (χ1) is 22.9. The van der Waals surface area contributed by atoms with Crippen molar-refractivity contribution >= 4 is 34.6 Å². The number of imidazole rings is 1. The van der Waals surface area contributed by atoms with Crippen molar-refractivity contribution < 1.29 is 23.9 Å². The third-order valence-corrected chi connectivity index (χ3v) is 9.56. The fraction of sp³-hybridized carbons (Fsp3) is 0.556. The molecule has 4 heterocycles. The summed E-state index contributed by atoms with van der Waals surface area (Å²) in [5.41, 5.74) is 3.78. The van der Waals surface area contributed by atoms with Crippen LogP contribution in [0.25, 0.3) is 11.0 Å². The molecule has 6 rings (SSSR count). The van der Waals surface area contributed by atoms with Crippen molar-refractivity contribution in [2.45, 2.75) is 96.2 Å². The Bertz CT molecular complexity index is 1690. The van der Waals surface area contributed by atoms with Crippen molar-refractivity contribution in [3.8, 4) is 0 Å². The molecular weight excluding hydrogens is 612 g/mol. The fourth-order valence-corrected chi connectivity index (χ4v) is 7.17. The first-order valence-corrected chi connectivity index (χ1v) is 17.1. The van der Waals surface area contributed by atoms with Gasteiger partial charge in [0.1, 0.15) is 11.6 Å². The minimum Gasteiger partial charge on any atom is -0.444 e. The van der Waals surface area contributed by atoms with Crippen LogP contribution >= 0.6 is 0 Å². The van der Waals surface area contributed by atoms with E-state index in [1.54, 1.807) is 16.2 Å². The third kappa shape index (κ3) is 7.99. The van der Waals surface area contributed by atoms with Crippen LogP contribution in [-0.4, -0.2) is 80.8 Å². The molecule has 3 fully saturated rings. The van der Waals surface area contributed by atoms with Gasteiger partial charge in [0, 0.05) is 58.4 Å². The lowest BCUT2D eigenvalue weighted by Gasteiger charge is -2.37. The number of piperidine rings is 3. The summed E-state index contributed by atoms with van der Waals surface area (Å²) in [4.78, 5) is 54.5. The highest BCUT2D eigenvalue weighted by Gasteiger charge is 2.32. The van der Waals surface area contributed by atoms with Crippen LogP contribution in [0.15, 0.2) is 47.3 Å². The van der Waals surface area contributed by atoms with E-state index < -0.39 is 23.6 Å². The third-order valence-electron chi connectivity index (χ3n) is 9.56. The zero-order valence-electron chi connectivity index (χ0n) is 28.5. The molecule has 0 spiro atoms. The number of ether oxygens (including phenoxy) is 2. The molecule has 3 aliphatic heterocycles. The van der Waals surface area contributed by atoms with E-state index in [9.17, 15) is 19.2 Å². The zero-order valence-corrected chi connectivity index (χ0v) is 28.5. The largest absolute Gasteiger partial charge is 0.444 e. The maximum Gasteiger partial charge on any atom is 0.412 e. The van der Waals surface area contributed by atoms with Gasteiger partial charge in [0.25, 0.3) is 0 Å². The van der Waals surface area contributed by atoms with Crippen LogP contribution in [-0.2, 0) is 39.2 Å². The molecule has 12 nitrogen and oxygen atoms in total. The molecule has 0 saturated carbocycles. The molecule has 1 atom stereocenters. The number of fused-ring (bicyclic) bond motifs is 1. The molecule has 3 amide bonds. The zero-order chi connectivity index (χ0) is 34.0. The number of aromatic nitrogens is 2. The Hall–Kier alpha value is -4.00. The van der Waals surface area contributed by atoms with Gasteiger partial charge in [0.2, 0.25) is 11.8 Å². The molecule has 2 N–H and O–H groups in total. The van der Waals surface area contributed by atoms with Crippen LogP contribution in [0, 0.1) is 0 Å². The van der Waals surface area contributed by atoms with Gasteiger partial charge in [-0.3, -0.25) is 39.2 Å². The van der Waals surface area contributed by atoms with E-state index in [1.165, 1.54) is 5.56 Å². The van der Waals surface area contributed by atoms with E-state index in [-0.39, 0.29) is 30.2 Å². The topological polar surface area (TPSA) is 127 Å². The van der Waals surface area contributed by atoms with Gasteiger partial charge in [-0.15, -0.1) is 0 Å². The smallest absolute Gasteiger partial charge is 0.412 e. The second-order valence-corrected chi connectivity index (χ2v) is 14.4. The Kier molecular flexibility index (Phi) is 10.0. The molecule has 3 saturated heterocycles. The molecule has 3 aliphatic rings. The lowest BCUT2D eigenvalue weighted by Crippen LogP contribution is -2.44. The molecule has 1 unspecified atom stereocenters. The monoisotopic (exact) mass is 660 g/mol. The highest BCUT2D eigenvalue weighted by atomic mass is 16.6. The van der Waals surface area contributed by atoms with Gasteiger partial charge in [-0.2, -0.15) is 0 Å². The van der Waals surface area contributed by atoms with Crippen molar-refractivity contribution in [3.05, 3.63) is 64.1 Å². The number of likely N-dealkylation sites (tertiary alicyclic amines) is 2. The van der Waals surface area contributed by atoms with E-state index >= 15 is 0 Å². The number of carbonyl (C=O) groups excluding carboxylic acids is 3. The summed E-state index contributed by atoms with van der Waals surface area (Å²) in [6, 6.07) is 13.1. The summed E-state index contributed by atoms with van der Waals surface area (Å²) >= 11 is 0. The number of imide groups is 1. The average Bonchev–Trinajstić information content (AvgIpc) is 3.29. The summed E-state index contributed by atoms with van der Waals surface area (Å²) in [5, 5.41) is 5.17. The van der Waals surface area contributed by atoms with Gasteiger partial charge >= 0.3 is 11.8 Å². The van der Waals surface area contributed by atoms with E-state index in [4.69, 9.17) is 9.47 Å². The Morgan fingerprint density at radius 3 is 2.10 bits per heavy atom. The molecule has 2 aromatic carbocycles. The Labute approximate surface area is 281 Å². The Morgan fingerprint density at radius 2 is 1.50 bits per heavy atom. The van der Waals surface area contributed by atoms with Gasteiger partial charge in [-0.25, -0.2) is 9.59 Å². The van der Waals surface area contributed by atoms with E-state index in [2.05, 4.69) is 38.6 Å². The quantitative estimate of drug-likeness (QED) is 0.343. The number of carbonyl (C=O) groups is 3. The lowest BCUT2D eigenvalue weighted by molar-refractivity contribution is -0.135. The van der Waals surface area contributed by atoms with Crippen LogP contribution in [0.4, 0.5) is 10.5 Å². The molecule has 12 heteroatoms. The number of para-hydroxylation sites is 1. The second kappa shape index (κ2) is 14.2. The molecule has 0 bridgehead atoms. The first kappa shape index (κ1) is 33.9. The van der Waals surface area contributed by atoms with E-state index in [0.29, 0.717) is 13.0 Å². The number of nitrogens with one attached hydrogen (secondary N) is 2. The highest BCUT2D eigenvalue weighted by molar-refractivity contribution is 6.00. The molecule has 0 aliphatic carbocycles. The second-order valence-electron chi connectivity index (χ2n) is 14.4. The van der Waals surface area contributed by atoms with Crippen LogP contribution in [0.1, 0.15) is 76.5 Å². The predicted octanol–water partition coefficient (Wildman–Crippen LogP) is 4.31. The molecule has 48 heavy (non-hydrogen) atoms. The summed E-state index contributed by atoms with van der Waals surface area (Å²) in [7, 11) is 1.75. The number of benzene rings is 2. The number of rotatable bonds is 8. The molecule has 1 aromatic heterocycles. The number of hydrogen-bond donors (Lipinski definition) is 2. The van der Waals surface area contributed by atoms with Gasteiger partial charge in [-0.1, -0.05) is 24.3 Å². The van der Waals surface area contributed by atoms with Crippen molar-refractivity contribution in [1.29, 1.82) is 0 Å². The predicted molar refractivity (Wildman–Crippen MR) is 183 cm³/mol. The van der Waals surface area contributed by atoms with E-state index in [0.717, 1.165) is 80.7 Å². The Balaban J connectivity index is 0.959. The van der Waals surface area contributed by atoms with Crippen molar-refractivity contribution in [2.75, 3.05) is 31.5 Å². The van der Waals surface area contributed by atoms with Gasteiger partial charge in [0.05, 0.1) is 23.2 Å². The number of amides is 3. The van der Waals surface area contributed by atoms with Crippen molar-refractivity contribution in [3.63, 3.8) is 0 Å². The standard InChI is InChI=1S/C36H48N6O6/c1-36(2,3)48-34(45)37-26-10-8-24(9-11-26)22-40-18-14-27(15-19-40)47-28-16-20-41(21-17-28)23-25-6-5-7-29-32(25)39(4)35(46)42(29)30-12-13-31(43)38-33(30)44/h5-11,27-28,30H,12-23H2,1-4H3,(H,37,45)(H,38,43,44). The fourth-order valence-electron chi connectivity index (χ4n) is 7.17. The van der Waals surface area contributed by atoms with Crippen LogP contribution in [0.3, 0.4) is 0 Å². The van der Waals surface area contributed by atoms with Gasteiger partial charge in [-0.05, 0) is 82.2 Å². The summed E-state index contributed by atoms with van der Waals surface area (Å²) in [5.74, 6) is -0.710. The van der Waals surface area contributed by atoms with Crippen molar-refractivity contribution in [2.24, 2.45) is 7.05 Å². The summed E-state index contributed by atoms with van der Waals surface area (Å²) in [6.07, 6.45) is 4.58. The summed E-state index contributed by atoms with van der Waals surface area (Å²) < 4.78 is 15.1. The van der Waals surface area contributed by atoms with Crippen LogP contribution in [0.2, 0.25) is 0 Å². The molecule has 258 valence electrons. The number of anilines is 1. The first-order valence-electron chi connectivity index (χ1n) is 17.1. The molecule has 3 aromatic rings. The number of aryl methyl sites for hydroxylation is 1. The minimum atomic E-state index is -0.685. The van der Waals surface area contributed by atoms with Crippen LogP contribution < -0.4 is 16.3 Å². The maximum absolute atomic E-state index is 13.3. The minimum absolute atomic E-state index is 0.224. The van der Waals surface area contributed by atoms with Crippen molar-refractivity contribution in [1.82, 2.24) is 24.3 Å². The Morgan fingerprint density at radius 1 is 0.875 bits per heavy atom. The molecule has 0 radical (unpaired) electrons. The van der Waals surface area contributed by atoms with E-state index in [1.807, 2.05) is 45.0 Å². The SMILES string of the molecule is Cn1c(=O)n(C2CCC(=O)NC2=O)c2cccc(CN3CCC(OC4CCN(Cc5ccc(NC(=O)OC(C)(C)C)cc5)CC4)CC3)c21.